The molecule has 1 heterocycles. The fourth-order valence-electron chi connectivity index (χ4n) is 5.32. The highest BCUT2D eigenvalue weighted by molar-refractivity contribution is 6.29. The van der Waals surface area contributed by atoms with E-state index < -0.39 is 5.60 Å². The molecule has 5 nitrogen and oxygen atoms in total. The van der Waals surface area contributed by atoms with Crippen LogP contribution in [0.5, 0.6) is 0 Å². The zero-order valence-electron chi connectivity index (χ0n) is 13.8. The van der Waals surface area contributed by atoms with Gasteiger partial charge in [-0.2, -0.15) is 0 Å². The first kappa shape index (κ1) is 16.2. The number of nitrogens with one attached hydrogen (secondary N) is 1. The highest BCUT2D eigenvalue weighted by atomic mass is 35.5. The van der Waals surface area contributed by atoms with Gasteiger partial charge in [-0.15, -0.1) is 0 Å². The Morgan fingerprint density at radius 2 is 2.12 bits per heavy atom. The number of aromatic nitrogens is 1. The Kier molecular flexibility index (Phi) is 3.96. The maximum Gasteiger partial charge on any atom is 0.341 e. The molecule has 4 bridgehead atoms. The van der Waals surface area contributed by atoms with Gasteiger partial charge in [0.25, 0.3) is 0 Å². The van der Waals surface area contributed by atoms with Crippen LogP contribution >= 0.6 is 11.6 Å². The molecule has 5 atom stereocenters. The van der Waals surface area contributed by atoms with E-state index in [1.165, 1.54) is 6.20 Å². The number of rotatable bonds is 4. The van der Waals surface area contributed by atoms with Crippen molar-refractivity contribution in [1.82, 2.24) is 4.98 Å². The maximum atomic E-state index is 12.2. The van der Waals surface area contributed by atoms with Crippen LogP contribution in [-0.4, -0.2) is 34.3 Å². The van der Waals surface area contributed by atoms with Crippen molar-refractivity contribution in [2.24, 2.45) is 17.8 Å². The average molecular weight is 351 g/mol. The number of halogens is 1. The summed E-state index contributed by atoms with van der Waals surface area (Å²) in [6.07, 6.45) is 6.46. The number of anilines is 1. The van der Waals surface area contributed by atoms with Gasteiger partial charge in [0, 0.05) is 12.2 Å². The second-order valence-corrected chi connectivity index (χ2v) is 8.02. The summed E-state index contributed by atoms with van der Waals surface area (Å²) < 4.78 is 5.13. The summed E-state index contributed by atoms with van der Waals surface area (Å²) in [5.41, 5.74) is 0.654. The van der Waals surface area contributed by atoms with Gasteiger partial charge in [0.1, 0.15) is 10.7 Å². The second kappa shape index (κ2) is 5.88. The van der Waals surface area contributed by atoms with Crippen molar-refractivity contribution in [1.29, 1.82) is 0 Å². The summed E-state index contributed by atoms with van der Waals surface area (Å²) in [5, 5.41) is 14.6. The van der Waals surface area contributed by atoms with Gasteiger partial charge in [0.15, 0.2) is 0 Å². The molecule has 0 saturated heterocycles. The third kappa shape index (κ3) is 2.78. The Hall–Kier alpha value is -1.33. The number of carbonyl (C=O) groups is 1. The first-order valence-corrected chi connectivity index (χ1v) is 9.17. The van der Waals surface area contributed by atoms with Crippen LogP contribution in [0, 0.1) is 17.8 Å². The molecule has 130 valence electrons. The Morgan fingerprint density at radius 1 is 1.42 bits per heavy atom. The summed E-state index contributed by atoms with van der Waals surface area (Å²) in [5.74, 6) is 1.16. The van der Waals surface area contributed by atoms with Gasteiger partial charge in [-0.05, 0) is 62.8 Å². The molecule has 0 aromatic carbocycles. The standard InChI is InChI=1S/C18H23ClN2O3/c1-2-24-17(22)13-9-20-15(19)5-14(13)21-16-11-3-10-4-12(16)8-18(23,6-10)7-11/h5,9-12,16,23H,2-4,6-8H2,1H3,(H,20,21)/t10?,11-,12+,16?,18?. The molecule has 0 aliphatic heterocycles. The highest BCUT2D eigenvalue weighted by Gasteiger charge is 2.54. The number of aliphatic hydroxyl groups is 1. The molecule has 1 aromatic rings. The molecular formula is C18H23ClN2O3. The van der Waals surface area contributed by atoms with E-state index in [0.717, 1.165) is 32.1 Å². The van der Waals surface area contributed by atoms with E-state index in [2.05, 4.69) is 10.3 Å². The molecule has 4 aliphatic carbocycles. The van der Waals surface area contributed by atoms with Gasteiger partial charge in [-0.1, -0.05) is 11.6 Å². The number of pyridine rings is 1. The van der Waals surface area contributed by atoms with Gasteiger partial charge >= 0.3 is 5.97 Å². The molecule has 0 radical (unpaired) electrons. The van der Waals surface area contributed by atoms with Gasteiger partial charge in [0.2, 0.25) is 0 Å². The van der Waals surface area contributed by atoms with Gasteiger partial charge in [-0.25, -0.2) is 9.78 Å². The summed E-state index contributed by atoms with van der Waals surface area (Å²) in [6.45, 7) is 2.11. The van der Waals surface area contributed by atoms with E-state index in [4.69, 9.17) is 16.3 Å². The third-order valence-electron chi connectivity index (χ3n) is 5.93. The van der Waals surface area contributed by atoms with Crippen molar-refractivity contribution in [3.63, 3.8) is 0 Å². The third-order valence-corrected chi connectivity index (χ3v) is 6.14. The van der Waals surface area contributed by atoms with Crippen molar-refractivity contribution in [3.05, 3.63) is 23.0 Å². The lowest BCUT2D eigenvalue weighted by molar-refractivity contribution is -0.129. The quantitative estimate of drug-likeness (QED) is 0.644. The molecule has 4 saturated carbocycles. The fraction of sp³-hybridized carbons (Fsp3) is 0.667. The number of esters is 1. The van der Waals surface area contributed by atoms with Crippen LogP contribution < -0.4 is 5.32 Å². The van der Waals surface area contributed by atoms with E-state index in [-0.39, 0.29) is 12.0 Å². The molecule has 3 unspecified atom stereocenters. The lowest BCUT2D eigenvalue weighted by Gasteiger charge is -2.58. The van der Waals surface area contributed by atoms with Crippen molar-refractivity contribution in [3.8, 4) is 0 Å². The number of nitrogens with zero attached hydrogens (tertiary/aromatic N) is 1. The molecular weight excluding hydrogens is 328 g/mol. The molecule has 6 heteroatoms. The van der Waals surface area contributed by atoms with Gasteiger partial charge in [-0.3, -0.25) is 0 Å². The van der Waals surface area contributed by atoms with E-state index in [9.17, 15) is 9.90 Å². The van der Waals surface area contributed by atoms with E-state index in [0.29, 0.717) is 40.8 Å². The van der Waals surface area contributed by atoms with E-state index in [1.807, 2.05) is 0 Å². The average Bonchev–Trinajstić information content (AvgIpc) is 2.49. The normalized spacial score (nSPS) is 36.6. The zero-order chi connectivity index (χ0) is 16.9. The molecule has 1 aromatic heterocycles. The van der Waals surface area contributed by atoms with Crippen LogP contribution in [0.3, 0.4) is 0 Å². The Bertz CT molecular complexity index is 650. The molecule has 0 spiro atoms. The van der Waals surface area contributed by atoms with Crippen LogP contribution in [0.25, 0.3) is 0 Å². The predicted molar refractivity (Wildman–Crippen MR) is 91.1 cm³/mol. The smallest absolute Gasteiger partial charge is 0.341 e. The minimum atomic E-state index is -0.464. The minimum absolute atomic E-state index is 0.272. The number of hydrogen-bond donors (Lipinski definition) is 2. The predicted octanol–water partition coefficient (Wildman–Crippen LogP) is 3.26. The molecule has 2 N–H and O–H groups in total. The largest absolute Gasteiger partial charge is 0.462 e. The van der Waals surface area contributed by atoms with Crippen molar-refractivity contribution >= 4 is 23.3 Å². The monoisotopic (exact) mass is 350 g/mol. The van der Waals surface area contributed by atoms with E-state index >= 15 is 0 Å². The Balaban J connectivity index is 1.60. The number of hydrogen-bond acceptors (Lipinski definition) is 5. The van der Waals surface area contributed by atoms with Crippen LogP contribution in [0.2, 0.25) is 5.15 Å². The fourth-order valence-corrected chi connectivity index (χ4v) is 5.48. The molecule has 4 aliphatic rings. The van der Waals surface area contributed by atoms with Gasteiger partial charge in [0.05, 0.1) is 17.9 Å². The number of ether oxygens (including phenoxy) is 1. The van der Waals surface area contributed by atoms with E-state index in [1.54, 1.807) is 13.0 Å². The van der Waals surface area contributed by atoms with Crippen molar-refractivity contribution < 1.29 is 14.6 Å². The lowest BCUT2D eigenvalue weighted by atomic mass is 9.52. The topological polar surface area (TPSA) is 71.5 Å². The summed E-state index contributed by atoms with van der Waals surface area (Å²) in [4.78, 5) is 16.2. The molecule has 5 rings (SSSR count). The Morgan fingerprint density at radius 3 is 2.75 bits per heavy atom. The lowest BCUT2D eigenvalue weighted by Crippen LogP contribution is -2.59. The molecule has 4 fully saturated rings. The van der Waals surface area contributed by atoms with Crippen molar-refractivity contribution in [2.45, 2.75) is 50.7 Å². The first-order chi connectivity index (χ1) is 11.5. The molecule has 24 heavy (non-hydrogen) atoms. The maximum absolute atomic E-state index is 12.2. The zero-order valence-corrected chi connectivity index (χ0v) is 14.6. The Labute approximate surface area is 146 Å². The number of carbonyl (C=O) groups excluding carboxylic acids is 1. The first-order valence-electron chi connectivity index (χ1n) is 8.79. The van der Waals surface area contributed by atoms with Crippen LogP contribution in [-0.2, 0) is 4.74 Å². The SMILES string of the molecule is CCOC(=O)c1cnc(Cl)cc1NC1[C@@H]2CC3C[C@H]1CC(O)(C3)C2. The highest BCUT2D eigenvalue weighted by Crippen LogP contribution is 2.56. The van der Waals surface area contributed by atoms with Crippen LogP contribution in [0.4, 0.5) is 5.69 Å². The molecule has 0 amide bonds. The second-order valence-electron chi connectivity index (χ2n) is 7.64. The summed E-state index contributed by atoms with van der Waals surface area (Å²) >= 11 is 6.05. The van der Waals surface area contributed by atoms with Crippen LogP contribution in [0.1, 0.15) is 49.4 Å². The summed E-state index contributed by atoms with van der Waals surface area (Å²) in [7, 11) is 0. The van der Waals surface area contributed by atoms with Gasteiger partial charge < -0.3 is 15.2 Å². The summed E-state index contributed by atoms with van der Waals surface area (Å²) in [6, 6.07) is 1.97. The van der Waals surface area contributed by atoms with Crippen molar-refractivity contribution in [2.75, 3.05) is 11.9 Å². The minimum Gasteiger partial charge on any atom is -0.462 e. The van der Waals surface area contributed by atoms with Crippen LogP contribution in [0.15, 0.2) is 12.3 Å².